The highest BCUT2D eigenvalue weighted by molar-refractivity contribution is 9.09. The van der Waals surface area contributed by atoms with Gasteiger partial charge < -0.3 is 10.1 Å². The van der Waals surface area contributed by atoms with Crippen LogP contribution >= 0.6 is 15.9 Å². The van der Waals surface area contributed by atoms with Crippen LogP contribution in [-0.4, -0.2) is 35.9 Å². The molecule has 0 aliphatic heterocycles. The van der Waals surface area contributed by atoms with E-state index in [-0.39, 0.29) is 17.3 Å². The number of hydrogen-bond donors (Lipinski definition) is 1. The molecular weight excluding hydrogens is 328 g/mol. The molecule has 7 heteroatoms. The smallest absolute Gasteiger partial charge is 0.282 e. The molecule has 0 saturated carbocycles. The van der Waals surface area contributed by atoms with E-state index in [0.29, 0.717) is 18.4 Å². The Morgan fingerprint density at radius 3 is 2.80 bits per heavy atom. The number of hydrogen-bond acceptors (Lipinski definition) is 4. The van der Waals surface area contributed by atoms with Gasteiger partial charge in [-0.3, -0.25) is 14.9 Å². The van der Waals surface area contributed by atoms with E-state index in [4.69, 9.17) is 4.74 Å². The summed E-state index contributed by atoms with van der Waals surface area (Å²) in [7, 11) is 1.54. The van der Waals surface area contributed by atoms with Crippen LogP contribution in [0.1, 0.15) is 22.3 Å². The molecule has 0 bridgehead atoms. The van der Waals surface area contributed by atoms with Crippen LogP contribution in [-0.2, 0) is 4.74 Å². The summed E-state index contributed by atoms with van der Waals surface area (Å²) in [5.41, 5.74) is 0.679. The number of carbonyl (C=O) groups excluding carboxylic acids is 1. The number of carbonyl (C=O) groups is 1. The Morgan fingerprint density at radius 2 is 2.25 bits per heavy atom. The quantitative estimate of drug-likeness (QED) is 0.468. The standard InChI is InChI=1S/C13H17BrN2O4/c1-9-3-4-12(16(18)19)11(7-9)13(17)15-10(5-6-14)8-20-2/h3-4,7,10H,5-6,8H2,1-2H3,(H,15,17). The number of methoxy groups -OCH3 is 1. The Morgan fingerprint density at radius 1 is 1.55 bits per heavy atom. The molecule has 1 rings (SSSR count). The molecule has 110 valence electrons. The number of ether oxygens (including phenoxy) is 1. The Bertz CT molecular complexity index is 487. The highest BCUT2D eigenvalue weighted by Gasteiger charge is 2.22. The summed E-state index contributed by atoms with van der Waals surface area (Å²) in [6.07, 6.45) is 0.680. The van der Waals surface area contributed by atoms with Crippen LogP contribution in [0.2, 0.25) is 0 Å². The highest BCUT2D eigenvalue weighted by atomic mass is 79.9. The Hall–Kier alpha value is -1.47. The lowest BCUT2D eigenvalue weighted by Crippen LogP contribution is -2.38. The highest BCUT2D eigenvalue weighted by Crippen LogP contribution is 2.20. The molecule has 0 aromatic heterocycles. The zero-order chi connectivity index (χ0) is 15.1. The van der Waals surface area contributed by atoms with Gasteiger partial charge in [0.05, 0.1) is 17.6 Å². The van der Waals surface area contributed by atoms with E-state index in [2.05, 4.69) is 21.2 Å². The van der Waals surface area contributed by atoms with Gasteiger partial charge in [-0.2, -0.15) is 0 Å². The van der Waals surface area contributed by atoms with Crippen LogP contribution in [0.15, 0.2) is 18.2 Å². The first kappa shape index (κ1) is 16.6. The van der Waals surface area contributed by atoms with E-state index in [1.807, 2.05) is 0 Å². The van der Waals surface area contributed by atoms with Crippen LogP contribution in [0, 0.1) is 17.0 Å². The van der Waals surface area contributed by atoms with E-state index in [0.717, 1.165) is 5.56 Å². The van der Waals surface area contributed by atoms with Crippen molar-refractivity contribution in [2.24, 2.45) is 0 Å². The molecule has 1 N–H and O–H groups in total. The van der Waals surface area contributed by atoms with Gasteiger partial charge in [0.2, 0.25) is 0 Å². The van der Waals surface area contributed by atoms with Crippen LogP contribution < -0.4 is 5.32 Å². The van der Waals surface area contributed by atoms with Crippen molar-refractivity contribution < 1.29 is 14.5 Å². The van der Waals surface area contributed by atoms with Crippen molar-refractivity contribution in [1.29, 1.82) is 0 Å². The maximum absolute atomic E-state index is 12.2. The fourth-order valence-corrected chi connectivity index (χ4v) is 2.34. The maximum Gasteiger partial charge on any atom is 0.282 e. The van der Waals surface area contributed by atoms with Gasteiger partial charge in [-0.1, -0.05) is 22.0 Å². The first-order chi connectivity index (χ1) is 9.49. The lowest BCUT2D eigenvalue weighted by atomic mass is 10.1. The van der Waals surface area contributed by atoms with Crippen LogP contribution in [0.25, 0.3) is 0 Å². The molecule has 20 heavy (non-hydrogen) atoms. The monoisotopic (exact) mass is 344 g/mol. The maximum atomic E-state index is 12.2. The Labute approximate surface area is 125 Å². The molecule has 1 unspecified atom stereocenters. The van der Waals surface area contributed by atoms with Crippen molar-refractivity contribution in [1.82, 2.24) is 5.32 Å². The molecule has 0 spiro atoms. The zero-order valence-corrected chi connectivity index (χ0v) is 13.0. The molecule has 1 aromatic rings. The lowest BCUT2D eigenvalue weighted by Gasteiger charge is -2.17. The zero-order valence-electron chi connectivity index (χ0n) is 11.4. The van der Waals surface area contributed by atoms with E-state index in [1.165, 1.54) is 12.1 Å². The average Bonchev–Trinajstić information content (AvgIpc) is 2.38. The average molecular weight is 345 g/mol. The van der Waals surface area contributed by atoms with E-state index < -0.39 is 10.8 Å². The molecule has 0 saturated heterocycles. The van der Waals surface area contributed by atoms with E-state index in [1.54, 1.807) is 20.1 Å². The summed E-state index contributed by atoms with van der Waals surface area (Å²) in [5.74, 6) is -0.455. The number of benzene rings is 1. The summed E-state index contributed by atoms with van der Waals surface area (Å²) in [6.45, 7) is 2.14. The molecule has 0 aliphatic rings. The first-order valence-corrected chi connectivity index (χ1v) is 7.22. The molecule has 0 heterocycles. The molecule has 0 radical (unpaired) electrons. The lowest BCUT2D eigenvalue weighted by molar-refractivity contribution is -0.385. The Balaban J connectivity index is 2.95. The van der Waals surface area contributed by atoms with Crippen molar-refractivity contribution in [3.05, 3.63) is 39.4 Å². The minimum absolute atomic E-state index is 0.0747. The number of nitro benzene ring substituents is 1. The van der Waals surface area contributed by atoms with Gasteiger partial charge in [0.1, 0.15) is 5.56 Å². The number of amides is 1. The number of nitro groups is 1. The van der Waals surface area contributed by atoms with Gasteiger partial charge in [-0.25, -0.2) is 0 Å². The largest absolute Gasteiger partial charge is 0.383 e. The van der Waals surface area contributed by atoms with Gasteiger partial charge in [0.25, 0.3) is 11.6 Å². The summed E-state index contributed by atoms with van der Waals surface area (Å²) < 4.78 is 5.03. The van der Waals surface area contributed by atoms with Crippen molar-refractivity contribution in [3.8, 4) is 0 Å². The number of rotatable bonds is 7. The number of aryl methyl sites for hydroxylation is 1. The summed E-state index contributed by atoms with van der Waals surface area (Å²) >= 11 is 3.30. The van der Waals surface area contributed by atoms with Crippen molar-refractivity contribution in [2.45, 2.75) is 19.4 Å². The fraction of sp³-hybridized carbons (Fsp3) is 0.462. The third-order valence-corrected chi connectivity index (χ3v) is 3.21. The SMILES string of the molecule is COCC(CCBr)NC(=O)c1cc(C)ccc1[N+](=O)[O-]. The minimum Gasteiger partial charge on any atom is -0.383 e. The van der Waals surface area contributed by atoms with Crippen molar-refractivity contribution in [2.75, 3.05) is 19.0 Å². The second kappa shape index (κ2) is 7.96. The molecular formula is C13H17BrN2O4. The first-order valence-electron chi connectivity index (χ1n) is 6.10. The van der Waals surface area contributed by atoms with Gasteiger partial charge >= 0.3 is 0 Å². The molecule has 1 amide bonds. The van der Waals surface area contributed by atoms with Crippen molar-refractivity contribution in [3.63, 3.8) is 0 Å². The van der Waals surface area contributed by atoms with Crippen molar-refractivity contribution >= 4 is 27.5 Å². The second-order valence-corrected chi connectivity index (χ2v) is 5.17. The second-order valence-electron chi connectivity index (χ2n) is 4.38. The van der Waals surface area contributed by atoms with E-state index in [9.17, 15) is 14.9 Å². The Kier molecular flexibility index (Phi) is 6.60. The summed E-state index contributed by atoms with van der Waals surface area (Å²) in [5, 5.41) is 14.4. The number of nitrogens with zero attached hydrogens (tertiary/aromatic N) is 1. The minimum atomic E-state index is -0.551. The number of nitrogens with one attached hydrogen (secondary N) is 1. The van der Waals surface area contributed by atoms with Gasteiger partial charge in [-0.05, 0) is 25.0 Å². The van der Waals surface area contributed by atoms with E-state index >= 15 is 0 Å². The molecule has 6 nitrogen and oxygen atoms in total. The summed E-state index contributed by atoms with van der Waals surface area (Å²) in [4.78, 5) is 22.6. The number of alkyl halides is 1. The van der Waals surface area contributed by atoms with Gasteiger partial charge in [0.15, 0.2) is 0 Å². The van der Waals surface area contributed by atoms with Crippen LogP contribution in [0.5, 0.6) is 0 Å². The number of halogens is 1. The normalized spacial score (nSPS) is 11.9. The molecule has 1 aromatic carbocycles. The topological polar surface area (TPSA) is 81.5 Å². The predicted octanol–water partition coefficient (Wildman–Crippen LogP) is 2.43. The molecule has 0 aliphatic carbocycles. The predicted molar refractivity (Wildman–Crippen MR) is 79.4 cm³/mol. The molecule has 0 fully saturated rings. The third kappa shape index (κ3) is 4.57. The van der Waals surface area contributed by atoms with Gasteiger partial charge in [0, 0.05) is 18.5 Å². The fourth-order valence-electron chi connectivity index (χ4n) is 1.78. The summed E-state index contributed by atoms with van der Waals surface area (Å²) in [6, 6.07) is 4.29. The third-order valence-electron chi connectivity index (χ3n) is 2.75. The van der Waals surface area contributed by atoms with Crippen LogP contribution in [0.3, 0.4) is 0 Å². The molecule has 1 atom stereocenters. The van der Waals surface area contributed by atoms with Crippen LogP contribution in [0.4, 0.5) is 5.69 Å². The van der Waals surface area contributed by atoms with Gasteiger partial charge in [-0.15, -0.1) is 0 Å².